The summed E-state index contributed by atoms with van der Waals surface area (Å²) in [4.78, 5) is 39.6. The zero-order valence-electron chi connectivity index (χ0n) is 18.3. The van der Waals surface area contributed by atoms with Crippen LogP contribution in [0.2, 0.25) is 0 Å². The highest BCUT2D eigenvalue weighted by molar-refractivity contribution is 5.68. The van der Waals surface area contributed by atoms with Gasteiger partial charge < -0.3 is 25.5 Å². The fraction of sp³-hybridized carbons (Fsp3) is 0.810. The molecule has 0 aromatic rings. The SMILES string of the molecule is CCCCC(O)CCCC.O=C(O)CCCCC(=O)O.O=C(O)CCCCC(=O)O. The van der Waals surface area contributed by atoms with Gasteiger partial charge in [0.05, 0.1) is 6.10 Å². The molecule has 0 fully saturated rings. The Bertz CT molecular complexity index is 378. The molecular formula is C21H40O9. The van der Waals surface area contributed by atoms with E-state index in [0.29, 0.717) is 25.7 Å². The molecule has 0 rings (SSSR count). The van der Waals surface area contributed by atoms with Crippen LogP contribution >= 0.6 is 0 Å². The number of aliphatic hydroxyl groups excluding tert-OH is 1. The van der Waals surface area contributed by atoms with Gasteiger partial charge in [0.2, 0.25) is 0 Å². The highest BCUT2D eigenvalue weighted by atomic mass is 16.4. The first-order chi connectivity index (χ1) is 14.1. The average molecular weight is 437 g/mol. The van der Waals surface area contributed by atoms with Gasteiger partial charge in [-0.25, -0.2) is 0 Å². The Labute approximate surface area is 179 Å². The van der Waals surface area contributed by atoms with E-state index in [1.54, 1.807) is 0 Å². The van der Waals surface area contributed by atoms with Gasteiger partial charge in [-0.1, -0.05) is 39.5 Å². The van der Waals surface area contributed by atoms with E-state index in [4.69, 9.17) is 20.4 Å². The van der Waals surface area contributed by atoms with Gasteiger partial charge in [0, 0.05) is 25.7 Å². The summed E-state index contributed by atoms with van der Waals surface area (Å²) in [7, 11) is 0. The quantitative estimate of drug-likeness (QED) is 0.223. The molecule has 0 unspecified atom stereocenters. The van der Waals surface area contributed by atoms with Crippen LogP contribution in [-0.2, 0) is 19.2 Å². The van der Waals surface area contributed by atoms with Gasteiger partial charge in [0.25, 0.3) is 0 Å². The van der Waals surface area contributed by atoms with Crippen LogP contribution in [0, 0.1) is 0 Å². The van der Waals surface area contributed by atoms with Crippen LogP contribution in [-0.4, -0.2) is 55.5 Å². The Morgan fingerprint density at radius 2 is 0.767 bits per heavy atom. The summed E-state index contributed by atoms with van der Waals surface area (Å²) in [5.74, 6) is -3.48. The van der Waals surface area contributed by atoms with Crippen LogP contribution in [0.4, 0.5) is 0 Å². The highest BCUT2D eigenvalue weighted by Gasteiger charge is 2.01. The summed E-state index contributed by atoms with van der Waals surface area (Å²) in [6, 6.07) is 0. The number of aliphatic carboxylic acids is 4. The van der Waals surface area contributed by atoms with E-state index in [2.05, 4.69) is 13.8 Å². The van der Waals surface area contributed by atoms with Gasteiger partial charge in [-0.15, -0.1) is 0 Å². The number of aliphatic hydroxyl groups is 1. The van der Waals surface area contributed by atoms with Crippen LogP contribution in [0.15, 0.2) is 0 Å². The number of unbranched alkanes of at least 4 members (excludes halogenated alkanes) is 4. The van der Waals surface area contributed by atoms with E-state index < -0.39 is 23.9 Å². The molecular weight excluding hydrogens is 396 g/mol. The minimum Gasteiger partial charge on any atom is -0.481 e. The van der Waals surface area contributed by atoms with Gasteiger partial charge >= 0.3 is 23.9 Å². The predicted molar refractivity (Wildman–Crippen MR) is 113 cm³/mol. The summed E-state index contributed by atoms with van der Waals surface area (Å²) in [5.41, 5.74) is 0. The second-order valence-electron chi connectivity index (χ2n) is 6.93. The van der Waals surface area contributed by atoms with Crippen LogP contribution in [0.3, 0.4) is 0 Å². The lowest BCUT2D eigenvalue weighted by Gasteiger charge is -2.07. The smallest absolute Gasteiger partial charge is 0.303 e. The number of carboxylic acids is 4. The zero-order chi connectivity index (χ0) is 23.8. The van der Waals surface area contributed by atoms with Gasteiger partial charge in [0.1, 0.15) is 0 Å². The average Bonchev–Trinajstić information content (AvgIpc) is 2.66. The van der Waals surface area contributed by atoms with Crippen molar-refractivity contribution in [3.8, 4) is 0 Å². The maximum atomic E-state index is 9.90. The summed E-state index contributed by atoms with van der Waals surface area (Å²) in [6.45, 7) is 4.32. The largest absolute Gasteiger partial charge is 0.481 e. The van der Waals surface area contributed by atoms with Gasteiger partial charge in [-0.3, -0.25) is 19.2 Å². The van der Waals surface area contributed by atoms with E-state index in [9.17, 15) is 24.3 Å². The summed E-state index contributed by atoms with van der Waals surface area (Å²) >= 11 is 0. The topological polar surface area (TPSA) is 169 Å². The standard InChI is InChI=1S/C9H20O.2C6H10O4/c1-3-5-7-9(10)8-6-4-2;2*7-5(8)3-1-2-4-6(9)10/h9-10H,3-8H2,1-2H3;2*1-4H2,(H,7,8)(H,9,10). The molecule has 178 valence electrons. The lowest BCUT2D eigenvalue weighted by molar-refractivity contribution is -0.139. The second kappa shape index (κ2) is 24.9. The van der Waals surface area contributed by atoms with E-state index in [1.807, 2.05) is 0 Å². The first-order valence-corrected chi connectivity index (χ1v) is 10.6. The molecule has 0 radical (unpaired) electrons. The van der Waals surface area contributed by atoms with Crippen molar-refractivity contribution in [3.05, 3.63) is 0 Å². The lowest BCUT2D eigenvalue weighted by Crippen LogP contribution is -2.05. The molecule has 0 bridgehead atoms. The Hall–Kier alpha value is -2.16. The molecule has 5 N–H and O–H groups in total. The van der Waals surface area contributed by atoms with Crippen LogP contribution in [0.25, 0.3) is 0 Å². The van der Waals surface area contributed by atoms with Crippen molar-refractivity contribution in [1.82, 2.24) is 0 Å². The third-order valence-corrected chi connectivity index (χ3v) is 3.84. The third kappa shape index (κ3) is 40.5. The monoisotopic (exact) mass is 436 g/mol. The highest BCUT2D eigenvalue weighted by Crippen LogP contribution is 2.07. The molecule has 0 heterocycles. The van der Waals surface area contributed by atoms with E-state index in [1.165, 1.54) is 25.7 Å². The van der Waals surface area contributed by atoms with E-state index >= 15 is 0 Å². The molecule has 0 saturated carbocycles. The molecule has 0 atom stereocenters. The number of hydrogen-bond donors (Lipinski definition) is 5. The van der Waals surface area contributed by atoms with Crippen molar-refractivity contribution in [2.45, 2.75) is 110 Å². The molecule has 0 aromatic carbocycles. The maximum Gasteiger partial charge on any atom is 0.303 e. The number of carboxylic acid groups (broad SMARTS) is 4. The van der Waals surface area contributed by atoms with Crippen molar-refractivity contribution in [3.63, 3.8) is 0 Å². The molecule has 0 spiro atoms. The molecule has 0 aliphatic rings. The normalized spacial score (nSPS) is 9.73. The second-order valence-corrected chi connectivity index (χ2v) is 6.93. The molecule has 0 aliphatic heterocycles. The summed E-state index contributed by atoms with van der Waals surface area (Å²) < 4.78 is 0. The molecule has 0 saturated heterocycles. The Morgan fingerprint density at radius 3 is 0.933 bits per heavy atom. The van der Waals surface area contributed by atoms with E-state index in [0.717, 1.165) is 12.8 Å². The summed E-state index contributed by atoms with van der Waals surface area (Å²) in [5, 5.41) is 41.8. The first kappa shape index (κ1) is 32.5. The predicted octanol–water partition coefficient (Wildman–Crippen LogP) is 4.16. The van der Waals surface area contributed by atoms with Crippen molar-refractivity contribution in [2.24, 2.45) is 0 Å². The van der Waals surface area contributed by atoms with Crippen molar-refractivity contribution in [1.29, 1.82) is 0 Å². The van der Waals surface area contributed by atoms with Crippen LogP contribution in [0.1, 0.15) is 104 Å². The van der Waals surface area contributed by atoms with Crippen molar-refractivity contribution < 1.29 is 44.7 Å². The van der Waals surface area contributed by atoms with Crippen LogP contribution < -0.4 is 0 Å². The molecule has 0 amide bonds. The van der Waals surface area contributed by atoms with Gasteiger partial charge in [-0.05, 0) is 38.5 Å². The van der Waals surface area contributed by atoms with Gasteiger partial charge in [0.15, 0.2) is 0 Å². The number of carbonyl (C=O) groups is 4. The fourth-order valence-corrected chi connectivity index (χ4v) is 2.13. The Balaban J connectivity index is -0.000000364. The fourth-order valence-electron chi connectivity index (χ4n) is 2.13. The van der Waals surface area contributed by atoms with Crippen molar-refractivity contribution >= 4 is 23.9 Å². The number of rotatable bonds is 16. The third-order valence-electron chi connectivity index (χ3n) is 3.84. The van der Waals surface area contributed by atoms with Crippen LogP contribution in [0.5, 0.6) is 0 Å². The van der Waals surface area contributed by atoms with E-state index in [-0.39, 0.29) is 31.8 Å². The minimum absolute atomic E-state index is 0.0279. The van der Waals surface area contributed by atoms with Gasteiger partial charge in [-0.2, -0.15) is 0 Å². The summed E-state index contributed by atoms with van der Waals surface area (Å²) in [6.07, 6.45) is 8.74. The lowest BCUT2D eigenvalue weighted by atomic mass is 10.1. The minimum atomic E-state index is -0.870. The Morgan fingerprint density at radius 1 is 0.533 bits per heavy atom. The Kier molecular flexibility index (Phi) is 27.0. The van der Waals surface area contributed by atoms with Crippen molar-refractivity contribution in [2.75, 3.05) is 0 Å². The molecule has 0 aliphatic carbocycles. The zero-order valence-corrected chi connectivity index (χ0v) is 18.3. The molecule has 0 aromatic heterocycles. The number of hydrogen-bond acceptors (Lipinski definition) is 5. The molecule has 9 nitrogen and oxygen atoms in total. The maximum absolute atomic E-state index is 9.90. The molecule has 30 heavy (non-hydrogen) atoms. The first-order valence-electron chi connectivity index (χ1n) is 10.6. The molecule has 9 heteroatoms.